The first-order valence-corrected chi connectivity index (χ1v) is 6.74. The molecule has 1 aromatic carbocycles. The van der Waals surface area contributed by atoms with Crippen molar-refractivity contribution in [1.82, 2.24) is 4.90 Å². The largest absolute Gasteiger partial charge is 0.496 e. The van der Waals surface area contributed by atoms with Crippen LogP contribution in [0.1, 0.15) is 24.8 Å². The Labute approximate surface area is 126 Å². The van der Waals surface area contributed by atoms with E-state index in [4.69, 9.17) is 10.5 Å². The topological polar surface area (TPSA) is 55.6 Å². The van der Waals surface area contributed by atoms with E-state index < -0.39 is 0 Å². The molecule has 1 aromatic rings. The lowest BCUT2D eigenvalue weighted by Gasteiger charge is -2.22. The van der Waals surface area contributed by atoms with Crippen molar-refractivity contribution in [2.45, 2.75) is 31.8 Å². The molecule has 1 fully saturated rings. The van der Waals surface area contributed by atoms with Crippen molar-refractivity contribution in [1.29, 1.82) is 0 Å². The first-order chi connectivity index (χ1) is 9.11. The predicted molar refractivity (Wildman–Crippen MR) is 82.0 cm³/mol. The predicted octanol–water partition coefficient (Wildman–Crippen LogP) is 2.20. The summed E-state index contributed by atoms with van der Waals surface area (Å²) in [4.78, 5) is 14.1. The molecule has 2 N–H and O–H groups in total. The fourth-order valence-electron chi connectivity index (χ4n) is 2.72. The van der Waals surface area contributed by atoms with Crippen LogP contribution in [-0.4, -0.2) is 31.0 Å². The molecule has 0 bridgehead atoms. The molecule has 1 aliphatic carbocycles. The highest BCUT2D eigenvalue weighted by Gasteiger charge is 2.29. The van der Waals surface area contributed by atoms with Gasteiger partial charge in [0.1, 0.15) is 5.75 Å². The number of carbonyl (C=O) groups excluding carboxylic acids is 1. The average molecular weight is 299 g/mol. The number of carbonyl (C=O) groups is 1. The molecule has 5 heteroatoms. The maximum absolute atomic E-state index is 12.3. The highest BCUT2D eigenvalue weighted by Crippen LogP contribution is 2.27. The van der Waals surface area contributed by atoms with Gasteiger partial charge in [-0.3, -0.25) is 4.79 Å². The zero-order valence-electron chi connectivity index (χ0n) is 12.0. The molecule has 112 valence electrons. The van der Waals surface area contributed by atoms with E-state index in [0.29, 0.717) is 6.54 Å². The molecule has 2 rings (SSSR count). The van der Waals surface area contributed by atoms with Crippen molar-refractivity contribution >= 4 is 18.3 Å². The number of hydrogen-bond donors (Lipinski definition) is 1. The zero-order chi connectivity index (χ0) is 13.8. The smallest absolute Gasteiger partial charge is 0.225 e. The summed E-state index contributed by atoms with van der Waals surface area (Å²) in [6, 6.07) is 7.98. The van der Waals surface area contributed by atoms with E-state index >= 15 is 0 Å². The molecule has 0 radical (unpaired) electrons. The Morgan fingerprint density at radius 1 is 1.40 bits per heavy atom. The van der Waals surface area contributed by atoms with Crippen LogP contribution < -0.4 is 10.5 Å². The molecule has 20 heavy (non-hydrogen) atoms. The molecule has 0 spiro atoms. The lowest BCUT2D eigenvalue weighted by molar-refractivity contribution is -0.134. The normalized spacial score (nSPS) is 21.1. The Bertz CT molecular complexity index is 453. The second-order valence-electron chi connectivity index (χ2n) is 5.28. The summed E-state index contributed by atoms with van der Waals surface area (Å²) in [5, 5.41) is 0. The molecule has 4 nitrogen and oxygen atoms in total. The number of amides is 1. The van der Waals surface area contributed by atoms with Gasteiger partial charge < -0.3 is 15.4 Å². The Balaban J connectivity index is 0.00000200. The Kier molecular flexibility index (Phi) is 6.30. The van der Waals surface area contributed by atoms with Crippen LogP contribution in [0.4, 0.5) is 0 Å². The highest BCUT2D eigenvalue weighted by molar-refractivity contribution is 5.85. The number of halogens is 1. The summed E-state index contributed by atoms with van der Waals surface area (Å²) in [5.74, 6) is 1.11. The van der Waals surface area contributed by atoms with Crippen LogP contribution in [0.3, 0.4) is 0 Å². The van der Waals surface area contributed by atoms with Gasteiger partial charge >= 0.3 is 0 Å². The number of benzene rings is 1. The van der Waals surface area contributed by atoms with E-state index in [-0.39, 0.29) is 30.3 Å². The second-order valence-corrected chi connectivity index (χ2v) is 5.28. The van der Waals surface area contributed by atoms with Gasteiger partial charge in [-0.05, 0) is 25.3 Å². The Morgan fingerprint density at radius 2 is 2.10 bits per heavy atom. The average Bonchev–Trinajstić information content (AvgIpc) is 2.85. The van der Waals surface area contributed by atoms with Gasteiger partial charge in [-0.1, -0.05) is 18.2 Å². The third-order valence-electron chi connectivity index (χ3n) is 3.80. The minimum Gasteiger partial charge on any atom is -0.496 e. The standard InChI is InChI=1S/C15H22N2O2.ClH/c1-17(15(18)11-7-8-13(16)9-11)10-12-5-3-4-6-14(12)19-2;/h3-6,11,13H,7-10,16H2,1-2H3;1H. The summed E-state index contributed by atoms with van der Waals surface area (Å²) in [6.45, 7) is 0.578. The fourth-order valence-corrected chi connectivity index (χ4v) is 2.72. The minimum absolute atomic E-state index is 0. The molecule has 1 amide bonds. The number of nitrogens with zero attached hydrogens (tertiary/aromatic N) is 1. The van der Waals surface area contributed by atoms with Crippen molar-refractivity contribution in [3.8, 4) is 5.75 Å². The fraction of sp³-hybridized carbons (Fsp3) is 0.533. The quantitative estimate of drug-likeness (QED) is 0.927. The van der Waals surface area contributed by atoms with Crippen LogP contribution in [0.25, 0.3) is 0 Å². The molecule has 2 unspecified atom stereocenters. The number of rotatable bonds is 4. The molecule has 1 aliphatic rings. The first kappa shape index (κ1) is 16.8. The summed E-state index contributed by atoms with van der Waals surface area (Å²) in [5.41, 5.74) is 6.90. The molecular formula is C15H23ClN2O2. The molecule has 0 heterocycles. The van der Waals surface area contributed by atoms with Gasteiger partial charge in [0.15, 0.2) is 0 Å². The van der Waals surface area contributed by atoms with E-state index in [2.05, 4.69) is 0 Å². The van der Waals surface area contributed by atoms with E-state index in [9.17, 15) is 4.79 Å². The molecule has 2 atom stereocenters. The van der Waals surface area contributed by atoms with Gasteiger partial charge in [-0.15, -0.1) is 12.4 Å². The van der Waals surface area contributed by atoms with E-state index in [1.165, 1.54) is 0 Å². The lowest BCUT2D eigenvalue weighted by Crippen LogP contribution is -2.32. The zero-order valence-corrected chi connectivity index (χ0v) is 12.9. The van der Waals surface area contributed by atoms with Crippen LogP contribution in [0, 0.1) is 5.92 Å². The number of ether oxygens (including phenoxy) is 1. The maximum atomic E-state index is 12.3. The summed E-state index contributed by atoms with van der Waals surface area (Å²) < 4.78 is 5.31. The Hall–Kier alpha value is -1.26. The van der Waals surface area contributed by atoms with Crippen LogP contribution in [0.15, 0.2) is 24.3 Å². The van der Waals surface area contributed by atoms with Gasteiger partial charge in [0.25, 0.3) is 0 Å². The van der Waals surface area contributed by atoms with Crippen LogP contribution >= 0.6 is 12.4 Å². The third kappa shape index (κ3) is 3.87. The second kappa shape index (κ2) is 7.50. The van der Waals surface area contributed by atoms with Crippen LogP contribution in [-0.2, 0) is 11.3 Å². The van der Waals surface area contributed by atoms with Gasteiger partial charge in [0, 0.05) is 31.1 Å². The number of hydrogen-bond acceptors (Lipinski definition) is 3. The SMILES string of the molecule is COc1ccccc1CN(C)C(=O)C1CCC(N)C1.Cl. The summed E-state index contributed by atoms with van der Waals surface area (Å²) in [7, 11) is 3.50. The summed E-state index contributed by atoms with van der Waals surface area (Å²) >= 11 is 0. The molecule has 0 aromatic heterocycles. The first-order valence-electron chi connectivity index (χ1n) is 6.74. The molecule has 0 aliphatic heterocycles. The van der Waals surface area contributed by atoms with Crippen LogP contribution in [0.2, 0.25) is 0 Å². The number of para-hydroxylation sites is 1. The van der Waals surface area contributed by atoms with Crippen molar-refractivity contribution in [3.63, 3.8) is 0 Å². The third-order valence-corrected chi connectivity index (χ3v) is 3.80. The van der Waals surface area contributed by atoms with E-state index in [0.717, 1.165) is 30.6 Å². The molecule has 0 saturated heterocycles. The van der Waals surface area contributed by atoms with Crippen molar-refractivity contribution in [2.24, 2.45) is 11.7 Å². The minimum atomic E-state index is 0. The number of methoxy groups -OCH3 is 1. The number of nitrogens with two attached hydrogens (primary N) is 1. The van der Waals surface area contributed by atoms with Gasteiger partial charge in [-0.2, -0.15) is 0 Å². The van der Waals surface area contributed by atoms with Crippen LogP contribution in [0.5, 0.6) is 5.75 Å². The van der Waals surface area contributed by atoms with Gasteiger partial charge in [0.05, 0.1) is 7.11 Å². The lowest BCUT2D eigenvalue weighted by atomic mass is 10.1. The Morgan fingerprint density at radius 3 is 2.70 bits per heavy atom. The monoisotopic (exact) mass is 298 g/mol. The van der Waals surface area contributed by atoms with Crippen molar-refractivity contribution in [2.75, 3.05) is 14.2 Å². The summed E-state index contributed by atoms with van der Waals surface area (Å²) in [6.07, 6.45) is 2.68. The van der Waals surface area contributed by atoms with Crippen molar-refractivity contribution < 1.29 is 9.53 Å². The van der Waals surface area contributed by atoms with E-state index in [1.807, 2.05) is 31.3 Å². The van der Waals surface area contributed by atoms with E-state index in [1.54, 1.807) is 12.0 Å². The molecule has 1 saturated carbocycles. The van der Waals surface area contributed by atoms with Crippen molar-refractivity contribution in [3.05, 3.63) is 29.8 Å². The maximum Gasteiger partial charge on any atom is 0.225 e. The highest BCUT2D eigenvalue weighted by atomic mass is 35.5. The molecular weight excluding hydrogens is 276 g/mol. The van der Waals surface area contributed by atoms with Gasteiger partial charge in [-0.25, -0.2) is 0 Å². The van der Waals surface area contributed by atoms with Gasteiger partial charge in [0.2, 0.25) is 5.91 Å².